The number of allylic oxidation sites excluding steroid dienone is 3. The molecule has 1 unspecified atom stereocenters. The number of rotatable bonds is 4. The summed E-state index contributed by atoms with van der Waals surface area (Å²) in [7, 11) is 0. The van der Waals surface area contributed by atoms with Crippen LogP contribution < -0.4 is 4.74 Å². The number of benzene rings is 1. The summed E-state index contributed by atoms with van der Waals surface area (Å²) in [5, 5.41) is 33.0. The molecule has 2 fully saturated rings. The second-order valence-electron chi connectivity index (χ2n) is 11.3. The molecule has 1 spiro atoms. The fraction of sp³-hybridized carbons (Fsp3) is 0.500. The summed E-state index contributed by atoms with van der Waals surface area (Å²) < 4.78 is 13.3. The molecule has 4 atom stereocenters. The predicted molar refractivity (Wildman–Crippen MR) is 129 cm³/mol. The predicted octanol–water partition coefficient (Wildman–Crippen LogP) is 4.08. The van der Waals surface area contributed by atoms with Crippen molar-refractivity contribution in [1.29, 1.82) is 0 Å². The summed E-state index contributed by atoms with van der Waals surface area (Å²) in [4.78, 5) is 28.0. The molecule has 0 aromatic heterocycles. The average molecular weight is 481 g/mol. The molecule has 0 amide bonds. The number of phenols is 2. The molecule has 186 valence electrons. The van der Waals surface area contributed by atoms with E-state index in [9.17, 15) is 24.9 Å². The zero-order valence-corrected chi connectivity index (χ0v) is 21.0. The minimum Gasteiger partial charge on any atom is -0.507 e. The normalized spacial score (nSPS) is 33.5. The molecule has 2 aliphatic heterocycles. The van der Waals surface area contributed by atoms with Crippen LogP contribution in [0.3, 0.4) is 0 Å². The number of ketones is 2. The van der Waals surface area contributed by atoms with Crippen LogP contribution in [-0.2, 0) is 16.0 Å². The summed E-state index contributed by atoms with van der Waals surface area (Å²) in [6.45, 7) is 11.3. The average Bonchev–Trinajstić information content (AvgIpc) is 2.90. The molecule has 7 heteroatoms. The van der Waals surface area contributed by atoms with Crippen molar-refractivity contribution in [2.45, 2.75) is 83.2 Å². The maximum absolute atomic E-state index is 14.0. The molecule has 6 rings (SSSR count). The second kappa shape index (κ2) is 7.08. The van der Waals surface area contributed by atoms with Crippen LogP contribution in [0.2, 0.25) is 0 Å². The molecule has 4 bridgehead atoms. The SMILES string of the molecule is CC(C)=CCc1c(O)cc(O)c2c1OC13C(=C[C@@]4(O)C[C@H]1C(C)(C)O[C@]3(CC=C(C)C)C4=O)C2=O. The molecule has 1 aromatic carbocycles. The summed E-state index contributed by atoms with van der Waals surface area (Å²) in [6, 6.07) is 1.14. The Morgan fingerprint density at radius 1 is 1.09 bits per heavy atom. The maximum atomic E-state index is 14.0. The van der Waals surface area contributed by atoms with Gasteiger partial charge in [-0.1, -0.05) is 23.3 Å². The van der Waals surface area contributed by atoms with Crippen LogP contribution in [0.4, 0.5) is 0 Å². The monoisotopic (exact) mass is 480 g/mol. The fourth-order valence-electron chi connectivity index (χ4n) is 6.48. The number of hydrogen-bond acceptors (Lipinski definition) is 7. The molecule has 5 aliphatic rings. The Labute approximate surface area is 204 Å². The van der Waals surface area contributed by atoms with Crippen LogP contribution >= 0.6 is 0 Å². The maximum Gasteiger partial charge on any atom is 0.204 e. The Morgan fingerprint density at radius 3 is 2.37 bits per heavy atom. The third-order valence-electron chi connectivity index (χ3n) is 8.01. The van der Waals surface area contributed by atoms with Gasteiger partial charge in [0.25, 0.3) is 0 Å². The molecule has 1 aromatic rings. The summed E-state index contributed by atoms with van der Waals surface area (Å²) in [5.41, 5.74) is -3.55. The Bertz CT molecular complexity index is 1270. The van der Waals surface area contributed by atoms with E-state index in [1.165, 1.54) is 6.08 Å². The molecule has 35 heavy (non-hydrogen) atoms. The van der Waals surface area contributed by atoms with Crippen LogP contribution in [-0.4, -0.2) is 49.3 Å². The molecular weight excluding hydrogens is 448 g/mol. The van der Waals surface area contributed by atoms with Gasteiger partial charge in [-0.25, -0.2) is 0 Å². The van der Waals surface area contributed by atoms with Gasteiger partial charge < -0.3 is 24.8 Å². The number of phenolic OH excluding ortho intramolecular Hbond substituents is 2. The number of aliphatic hydroxyl groups is 1. The molecule has 7 nitrogen and oxygen atoms in total. The van der Waals surface area contributed by atoms with Gasteiger partial charge in [-0.05, 0) is 60.5 Å². The first-order chi connectivity index (χ1) is 16.2. The zero-order chi connectivity index (χ0) is 25.7. The fourth-order valence-corrected chi connectivity index (χ4v) is 6.48. The summed E-state index contributed by atoms with van der Waals surface area (Å²) >= 11 is 0. The first kappa shape index (κ1) is 23.8. The highest BCUT2D eigenvalue weighted by Gasteiger charge is 2.84. The van der Waals surface area contributed by atoms with Crippen molar-refractivity contribution in [2.75, 3.05) is 0 Å². The molecule has 2 heterocycles. The first-order valence-electron chi connectivity index (χ1n) is 12.0. The van der Waals surface area contributed by atoms with Gasteiger partial charge in [0, 0.05) is 29.5 Å². The Kier molecular flexibility index (Phi) is 4.82. The van der Waals surface area contributed by atoms with E-state index in [1.807, 2.05) is 53.7 Å². The number of fused-ring (bicyclic) bond motifs is 1. The third kappa shape index (κ3) is 2.85. The number of carbonyl (C=O) groups is 2. The third-order valence-corrected chi connectivity index (χ3v) is 8.01. The van der Waals surface area contributed by atoms with Crippen molar-refractivity contribution in [1.82, 2.24) is 0 Å². The minimum absolute atomic E-state index is 0.0512. The number of carbonyl (C=O) groups excluding carboxylic acids is 2. The van der Waals surface area contributed by atoms with Gasteiger partial charge in [0.15, 0.2) is 17.0 Å². The van der Waals surface area contributed by atoms with Gasteiger partial charge in [-0.3, -0.25) is 9.59 Å². The van der Waals surface area contributed by atoms with Gasteiger partial charge in [0.05, 0.1) is 5.60 Å². The molecule has 3 N–H and O–H groups in total. The van der Waals surface area contributed by atoms with E-state index >= 15 is 0 Å². The van der Waals surface area contributed by atoms with Gasteiger partial charge in [0.2, 0.25) is 5.78 Å². The Hall–Kier alpha value is -2.90. The second-order valence-corrected chi connectivity index (χ2v) is 11.3. The van der Waals surface area contributed by atoms with E-state index in [0.29, 0.717) is 5.56 Å². The minimum atomic E-state index is -1.88. The summed E-state index contributed by atoms with van der Waals surface area (Å²) in [6.07, 6.45) is 5.50. The number of aromatic hydroxyl groups is 2. The van der Waals surface area contributed by atoms with Crippen molar-refractivity contribution < 1.29 is 34.4 Å². The van der Waals surface area contributed by atoms with E-state index in [1.54, 1.807) is 0 Å². The van der Waals surface area contributed by atoms with Gasteiger partial charge in [0.1, 0.15) is 28.4 Å². The molecular formula is C28H32O7. The number of ether oxygens (including phenoxy) is 2. The Balaban J connectivity index is 1.85. The molecule has 3 aliphatic carbocycles. The van der Waals surface area contributed by atoms with Crippen molar-refractivity contribution in [3.05, 3.63) is 52.1 Å². The van der Waals surface area contributed by atoms with Gasteiger partial charge in [-0.2, -0.15) is 0 Å². The highest BCUT2D eigenvalue weighted by atomic mass is 16.6. The van der Waals surface area contributed by atoms with Crippen molar-refractivity contribution in [3.8, 4) is 17.2 Å². The Morgan fingerprint density at radius 2 is 1.74 bits per heavy atom. The van der Waals surface area contributed by atoms with E-state index in [4.69, 9.17) is 9.47 Å². The van der Waals surface area contributed by atoms with Crippen LogP contribution in [0.15, 0.2) is 41.0 Å². The standard InChI is InChI=1S/C28H32O7/c1-14(2)7-8-16-18(29)11-19(30)21-22(31)17-12-26(33)13-20-25(5,6)35-27(24(26)32,10-9-15(3)4)28(17,20)34-23(16)21/h7,9,11-12,20,29-30,33H,8,10,13H2,1-6H3/t20-,26+,27+,28?/m0/s1. The lowest BCUT2D eigenvalue weighted by Gasteiger charge is -2.58. The van der Waals surface area contributed by atoms with E-state index in [0.717, 1.165) is 17.2 Å². The lowest BCUT2D eigenvalue weighted by molar-refractivity contribution is -0.186. The van der Waals surface area contributed by atoms with Crippen molar-refractivity contribution in [2.24, 2.45) is 5.92 Å². The van der Waals surface area contributed by atoms with Crippen molar-refractivity contribution in [3.63, 3.8) is 0 Å². The van der Waals surface area contributed by atoms with Crippen LogP contribution in [0, 0.1) is 5.92 Å². The molecule has 0 radical (unpaired) electrons. The first-order valence-corrected chi connectivity index (χ1v) is 12.0. The summed E-state index contributed by atoms with van der Waals surface area (Å²) in [5.74, 6) is -2.13. The van der Waals surface area contributed by atoms with Gasteiger partial charge >= 0.3 is 0 Å². The highest BCUT2D eigenvalue weighted by Crippen LogP contribution is 2.69. The smallest absolute Gasteiger partial charge is 0.204 e. The molecule has 1 saturated carbocycles. The van der Waals surface area contributed by atoms with E-state index < -0.39 is 45.6 Å². The van der Waals surface area contributed by atoms with E-state index in [2.05, 4.69) is 0 Å². The molecule has 1 saturated heterocycles. The highest BCUT2D eigenvalue weighted by molar-refractivity contribution is 6.19. The topological polar surface area (TPSA) is 113 Å². The number of hydrogen-bond donors (Lipinski definition) is 3. The van der Waals surface area contributed by atoms with Crippen molar-refractivity contribution >= 4 is 11.6 Å². The van der Waals surface area contributed by atoms with Crippen LogP contribution in [0.5, 0.6) is 17.2 Å². The largest absolute Gasteiger partial charge is 0.507 e. The quantitative estimate of drug-likeness (QED) is 0.557. The lowest BCUT2D eigenvalue weighted by Crippen LogP contribution is -2.76. The lowest BCUT2D eigenvalue weighted by atomic mass is 9.49. The zero-order valence-electron chi connectivity index (χ0n) is 21.0. The van der Waals surface area contributed by atoms with E-state index in [-0.39, 0.29) is 41.9 Å². The number of Topliss-reactive ketones (excluding diaryl/α,β-unsaturated/α-hetero) is 2. The van der Waals surface area contributed by atoms with Crippen LogP contribution in [0.25, 0.3) is 0 Å². The van der Waals surface area contributed by atoms with Crippen LogP contribution in [0.1, 0.15) is 70.3 Å². The van der Waals surface area contributed by atoms with Gasteiger partial charge in [-0.15, -0.1) is 0 Å².